The Labute approximate surface area is 159 Å². The van der Waals surface area contributed by atoms with Gasteiger partial charge < -0.3 is 4.52 Å². The molecule has 0 saturated heterocycles. The Morgan fingerprint density at radius 3 is 2.59 bits per heavy atom. The first-order valence-electron chi connectivity index (χ1n) is 8.47. The lowest BCUT2D eigenvalue weighted by molar-refractivity contribution is 0.373. The molecule has 1 aromatic carbocycles. The molecule has 0 aliphatic rings. The van der Waals surface area contributed by atoms with Crippen molar-refractivity contribution in [3.05, 3.63) is 54.3 Å². The summed E-state index contributed by atoms with van der Waals surface area (Å²) in [7, 11) is 0. The van der Waals surface area contributed by atoms with Gasteiger partial charge in [0, 0.05) is 5.92 Å². The Kier molecular flexibility index (Phi) is 4.61. The van der Waals surface area contributed by atoms with Crippen molar-refractivity contribution in [1.82, 2.24) is 29.9 Å². The van der Waals surface area contributed by atoms with Crippen molar-refractivity contribution in [3.8, 4) is 5.69 Å². The van der Waals surface area contributed by atoms with Crippen LogP contribution in [0.2, 0.25) is 0 Å². The lowest BCUT2D eigenvalue weighted by Crippen LogP contribution is -1.98. The molecule has 7 nitrogen and oxygen atoms in total. The smallest absolute Gasteiger partial charge is 0.239 e. The Bertz CT molecular complexity index is 1080. The molecule has 0 radical (unpaired) electrons. The SMILES string of the molecule is CC(C)c1noc([C@H](C)Sc2ncnc3c2cnn3-c2ccc(F)cc2)n1. The third-order valence-electron chi connectivity index (χ3n) is 4.01. The number of nitrogens with zero attached hydrogens (tertiary/aromatic N) is 6. The average molecular weight is 384 g/mol. The van der Waals surface area contributed by atoms with Gasteiger partial charge in [0.1, 0.15) is 17.2 Å². The average Bonchev–Trinajstić information content (AvgIpc) is 3.30. The van der Waals surface area contributed by atoms with E-state index in [0.717, 1.165) is 16.1 Å². The van der Waals surface area contributed by atoms with Crippen LogP contribution in [-0.4, -0.2) is 29.9 Å². The van der Waals surface area contributed by atoms with E-state index in [2.05, 4.69) is 25.2 Å². The first-order chi connectivity index (χ1) is 13.0. The lowest BCUT2D eigenvalue weighted by atomic mass is 10.2. The molecule has 0 spiro atoms. The van der Waals surface area contributed by atoms with Gasteiger partial charge in [-0.05, 0) is 31.2 Å². The van der Waals surface area contributed by atoms with Crippen LogP contribution >= 0.6 is 11.8 Å². The predicted molar refractivity (Wildman–Crippen MR) is 99.3 cm³/mol. The van der Waals surface area contributed by atoms with Gasteiger partial charge in [0.15, 0.2) is 11.5 Å². The third-order valence-corrected chi connectivity index (χ3v) is 5.11. The topological polar surface area (TPSA) is 82.5 Å². The maximum Gasteiger partial charge on any atom is 0.239 e. The second kappa shape index (κ2) is 7.07. The van der Waals surface area contributed by atoms with Gasteiger partial charge in [-0.25, -0.2) is 19.0 Å². The van der Waals surface area contributed by atoms with Gasteiger partial charge in [0.05, 0.1) is 22.5 Å². The highest BCUT2D eigenvalue weighted by molar-refractivity contribution is 7.99. The first-order valence-corrected chi connectivity index (χ1v) is 9.35. The van der Waals surface area contributed by atoms with Gasteiger partial charge >= 0.3 is 0 Å². The summed E-state index contributed by atoms with van der Waals surface area (Å²) in [5.74, 6) is 1.16. The molecule has 4 aromatic rings. The number of benzene rings is 1. The van der Waals surface area contributed by atoms with Gasteiger partial charge in [0.25, 0.3) is 0 Å². The van der Waals surface area contributed by atoms with E-state index in [1.54, 1.807) is 23.0 Å². The van der Waals surface area contributed by atoms with E-state index < -0.39 is 0 Å². The van der Waals surface area contributed by atoms with Gasteiger partial charge in [-0.15, -0.1) is 0 Å². The summed E-state index contributed by atoms with van der Waals surface area (Å²) in [5.41, 5.74) is 1.38. The van der Waals surface area contributed by atoms with E-state index in [0.29, 0.717) is 17.4 Å². The second-order valence-corrected chi connectivity index (χ2v) is 7.68. The van der Waals surface area contributed by atoms with Crippen molar-refractivity contribution in [2.45, 2.75) is 37.0 Å². The van der Waals surface area contributed by atoms with Crippen LogP contribution in [0.1, 0.15) is 43.7 Å². The third kappa shape index (κ3) is 3.42. The Balaban J connectivity index is 1.65. The summed E-state index contributed by atoms with van der Waals surface area (Å²) in [5, 5.41) is 9.91. The minimum absolute atomic E-state index is 0.0720. The number of aromatic nitrogens is 6. The molecule has 0 unspecified atom stereocenters. The van der Waals surface area contributed by atoms with Crippen LogP contribution in [0.25, 0.3) is 16.7 Å². The molecule has 0 aliphatic heterocycles. The van der Waals surface area contributed by atoms with E-state index in [4.69, 9.17) is 4.52 Å². The normalized spacial score (nSPS) is 12.8. The summed E-state index contributed by atoms with van der Waals surface area (Å²) in [6, 6.07) is 6.10. The van der Waals surface area contributed by atoms with Crippen molar-refractivity contribution in [1.29, 1.82) is 0 Å². The Morgan fingerprint density at radius 1 is 1.11 bits per heavy atom. The first kappa shape index (κ1) is 17.6. The number of hydrogen-bond acceptors (Lipinski definition) is 7. The molecule has 0 fully saturated rings. The summed E-state index contributed by atoms with van der Waals surface area (Å²) in [6.45, 7) is 6.02. The molecule has 4 rings (SSSR count). The highest BCUT2D eigenvalue weighted by atomic mass is 32.2. The van der Waals surface area contributed by atoms with Crippen LogP contribution in [0.4, 0.5) is 4.39 Å². The minimum atomic E-state index is -0.296. The molecule has 0 N–H and O–H groups in total. The van der Waals surface area contributed by atoms with Crippen molar-refractivity contribution in [2.75, 3.05) is 0 Å². The fourth-order valence-corrected chi connectivity index (χ4v) is 3.46. The molecular formula is C18H17FN6OS. The quantitative estimate of drug-likeness (QED) is 0.374. The Morgan fingerprint density at radius 2 is 1.89 bits per heavy atom. The van der Waals surface area contributed by atoms with Gasteiger partial charge in [-0.1, -0.05) is 30.8 Å². The Hall–Kier alpha value is -2.81. The van der Waals surface area contributed by atoms with E-state index in [1.807, 2.05) is 20.8 Å². The van der Waals surface area contributed by atoms with Gasteiger partial charge in [0.2, 0.25) is 5.89 Å². The molecule has 0 aliphatic carbocycles. The number of rotatable bonds is 5. The molecule has 27 heavy (non-hydrogen) atoms. The van der Waals surface area contributed by atoms with Crippen LogP contribution < -0.4 is 0 Å². The van der Waals surface area contributed by atoms with E-state index in [1.165, 1.54) is 30.2 Å². The second-order valence-electron chi connectivity index (χ2n) is 6.35. The molecule has 3 aromatic heterocycles. The van der Waals surface area contributed by atoms with Crippen molar-refractivity contribution in [2.24, 2.45) is 0 Å². The van der Waals surface area contributed by atoms with Crippen LogP contribution in [0.5, 0.6) is 0 Å². The van der Waals surface area contributed by atoms with Crippen LogP contribution in [0, 0.1) is 5.82 Å². The maximum atomic E-state index is 13.2. The van der Waals surface area contributed by atoms with Crippen molar-refractivity contribution < 1.29 is 8.91 Å². The fraction of sp³-hybridized carbons (Fsp3) is 0.278. The zero-order valence-corrected chi connectivity index (χ0v) is 15.8. The molecule has 0 saturated carbocycles. The van der Waals surface area contributed by atoms with E-state index in [9.17, 15) is 4.39 Å². The number of fused-ring (bicyclic) bond motifs is 1. The predicted octanol–water partition coefficient (Wildman–Crippen LogP) is 4.31. The number of hydrogen-bond donors (Lipinski definition) is 0. The zero-order valence-electron chi connectivity index (χ0n) is 15.0. The van der Waals surface area contributed by atoms with E-state index in [-0.39, 0.29) is 17.0 Å². The molecular weight excluding hydrogens is 367 g/mol. The van der Waals surface area contributed by atoms with Gasteiger partial charge in [-0.2, -0.15) is 10.1 Å². The van der Waals surface area contributed by atoms with Crippen LogP contribution in [0.15, 0.2) is 46.3 Å². The maximum absolute atomic E-state index is 13.2. The molecule has 138 valence electrons. The summed E-state index contributed by atoms with van der Waals surface area (Å²) in [6.07, 6.45) is 3.20. The molecule has 1 atom stereocenters. The summed E-state index contributed by atoms with van der Waals surface area (Å²) >= 11 is 1.50. The largest absolute Gasteiger partial charge is 0.338 e. The zero-order chi connectivity index (χ0) is 19.0. The summed E-state index contributed by atoms with van der Waals surface area (Å²) in [4.78, 5) is 13.2. The molecule has 9 heteroatoms. The standard InChI is InChI=1S/C18H17FN6OS/c1-10(2)15-23-17(26-24-15)11(3)27-18-14-8-22-25(16(14)20-9-21-18)13-6-4-12(19)5-7-13/h4-11H,1-3H3/t11-/m0/s1. The lowest BCUT2D eigenvalue weighted by Gasteiger charge is -2.07. The monoisotopic (exact) mass is 384 g/mol. The minimum Gasteiger partial charge on any atom is -0.338 e. The van der Waals surface area contributed by atoms with Crippen molar-refractivity contribution >= 4 is 22.8 Å². The van der Waals surface area contributed by atoms with Crippen LogP contribution in [-0.2, 0) is 0 Å². The molecule has 0 bridgehead atoms. The molecule has 0 amide bonds. The highest BCUT2D eigenvalue weighted by Crippen LogP contribution is 2.36. The fourth-order valence-electron chi connectivity index (χ4n) is 2.55. The summed E-state index contributed by atoms with van der Waals surface area (Å²) < 4.78 is 20.2. The molecule has 3 heterocycles. The van der Waals surface area contributed by atoms with Gasteiger partial charge in [-0.3, -0.25) is 0 Å². The van der Waals surface area contributed by atoms with Crippen molar-refractivity contribution in [3.63, 3.8) is 0 Å². The van der Waals surface area contributed by atoms with Crippen LogP contribution in [0.3, 0.4) is 0 Å². The number of halogens is 1. The number of thioether (sulfide) groups is 1. The highest BCUT2D eigenvalue weighted by Gasteiger charge is 2.20. The van der Waals surface area contributed by atoms with E-state index >= 15 is 0 Å².